The Morgan fingerprint density at radius 3 is 2.89 bits per heavy atom. The van der Waals surface area contributed by atoms with Gasteiger partial charge in [0.1, 0.15) is 30.0 Å². The van der Waals surface area contributed by atoms with E-state index in [0.29, 0.717) is 23.6 Å². The van der Waals surface area contributed by atoms with Crippen molar-refractivity contribution in [1.82, 2.24) is 10.1 Å². The lowest BCUT2D eigenvalue weighted by Gasteiger charge is -2.31. The van der Waals surface area contributed by atoms with Gasteiger partial charge in [-0.1, -0.05) is 24.2 Å². The molecule has 2 heterocycles. The molecule has 4 rings (SSSR count). The number of β-amino-alcohol motifs (C(OH)–C–C–N with tert-alkyl or cyclic N) is 1. The monoisotopic (exact) mass is 384 g/mol. The molecule has 1 aromatic heterocycles. The van der Waals surface area contributed by atoms with Crippen LogP contribution in [0.5, 0.6) is 5.75 Å². The summed E-state index contributed by atoms with van der Waals surface area (Å²) >= 11 is 0. The number of benzene rings is 2. The summed E-state index contributed by atoms with van der Waals surface area (Å²) < 4.78 is 24.4. The van der Waals surface area contributed by atoms with Gasteiger partial charge in [-0.3, -0.25) is 0 Å². The quantitative estimate of drug-likeness (QED) is 0.693. The predicted octanol–water partition coefficient (Wildman–Crippen LogP) is 4.11. The molecule has 0 saturated carbocycles. The van der Waals surface area contributed by atoms with Gasteiger partial charge in [-0.2, -0.15) is 0 Å². The Balaban J connectivity index is 1.39. The molecule has 1 aliphatic heterocycles. The normalized spacial score (nSPS) is 17.1. The van der Waals surface area contributed by atoms with E-state index < -0.39 is 6.10 Å². The molecule has 0 bridgehead atoms. The van der Waals surface area contributed by atoms with E-state index in [1.807, 2.05) is 24.3 Å². The summed E-state index contributed by atoms with van der Waals surface area (Å²) in [5, 5.41) is 15.1. The van der Waals surface area contributed by atoms with Crippen molar-refractivity contribution in [3.05, 3.63) is 48.3 Å². The topological polar surface area (TPSA) is 58.7 Å². The van der Waals surface area contributed by atoms with Crippen molar-refractivity contribution in [3.8, 4) is 17.0 Å². The first kappa shape index (κ1) is 18.9. The fraction of sp³-hybridized carbons (Fsp3) is 0.409. The van der Waals surface area contributed by atoms with Gasteiger partial charge < -0.3 is 19.3 Å². The van der Waals surface area contributed by atoms with Crippen molar-refractivity contribution >= 4 is 11.0 Å². The summed E-state index contributed by atoms with van der Waals surface area (Å²) in [6, 6.07) is 11.8. The Bertz CT molecular complexity index is 934. The maximum absolute atomic E-state index is 13.3. The fourth-order valence-electron chi connectivity index (χ4n) is 3.64. The number of hydrogen-bond acceptors (Lipinski definition) is 5. The predicted molar refractivity (Wildman–Crippen MR) is 106 cm³/mol. The summed E-state index contributed by atoms with van der Waals surface area (Å²) in [4.78, 5) is 2.30. The first-order valence-corrected chi connectivity index (χ1v) is 9.77. The van der Waals surface area contributed by atoms with Gasteiger partial charge >= 0.3 is 0 Å². The lowest BCUT2D eigenvalue weighted by atomic mass is 9.99. The van der Waals surface area contributed by atoms with E-state index in [-0.39, 0.29) is 12.4 Å². The number of rotatable bonds is 6. The number of aliphatic hydroxyl groups is 1. The van der Waals surface area contributed by atoms with E-state index in [1.54, 1.807) is 6.07 Å². The summed E-state index contributed by atoms with van der Waals surface area (Å²) in [6.07, 6.45) is 1.84. The Hall–Kier alpha value is -2.44. The van der Waals surface area contributed by atoms with Crippen molar-refractivity contribution in [2.45, 2.75) is 25.9 Å². The highest BCUT2D eigenvalue weighted by atomic mass is 19.1. The van der Waals surface area contributed by atoms with Gasteiger partial charge in [0.05, 0.1) is 0 Å². The van der Waals surface area contributed by atoms with Crippen LogP contribution >= 0.6 is 0 Å². The second-order valence-corrected chi connectivity index (χ2v) is 7.65. The Morgan fingerprint density at radius 2 is 2.07 bits per heavy atom. The smallest absolute Gasteiger partial charge is 0.170 e. The van der Waals surface area contributed by atoms with Crippen molar-refractivity contribution < 1.29 is 18.8 Å². The van der Waals surface area contributed by atoms with E-state index in [0.717, 1.165) is 30.0 Å². The minimum atomic E-state index is -0.534. The number of likely N-dealkylation sites (tertiary alicyclic amines) is 1. The van der Waals surface area contributed by atoms with Crippen LogP contribution in [-0.4, -0.2) is 47.5 Å². The zero-order valence-corrected chi connectivity index (χ0v) is 16.0. The van der Waals surface area contributed by atoms with Gasteiger partial charge in [0.25, 0.3) is 0 Å². The number of hydrogen-bond donors (Lipinski definition) is 1. The van der Waals surface area contributed by atoms with Gasteiger partial charge in [-0.15, -0.1) is 0 Å². The minimum Gasteiger partial charge on any atom is -0.491 e. The van der Waals surface area contributed by atoms with Crippen molar-refractivity contribution in [1.29, 1.82) is 0 Å². The molecule has 1 saturated heterocycles. The lowest BCUT2D eigenvalue weighted by Crippen LogP contribution is -2.40. The highest BCUT2D eigenvalue weighted by molar-refractivity contribution is 5.91. The molecule has 3 aromatic rings. The molecule has 0 spiro atoms. The molecule has 6 heteroatoms. The van der Waals surface area contributed by atoms with E-state index in [9.17, 15) is 9.50 Å². The van der Waals surface area contributed by atoms with E-state index in [1.165, 1.54) is 25.0 Å². The van der Waals surface area contributed by atoms with Crippen LogP contribution in [-0.2, 0) is 0 Å². The van der Waals surface area contributed by atoms with Gasteiger partial charge in [-0.05, 0) is 56.1 Å². The third kappa shape index (κ3) is 4.34. The third-order valence-corrected chi connectivity index (χ3v) is 5.33. The minimum absolute atomic E-state index is 0.236. The Labute approximate surface area is 163 Å². The van der Waals surface area contributed by atoms with Crippen LogP contribution in [0.15, 0.2) is 47.0 Å². The van der Waals surface area contributed by atoms with Crippen molar-refractivity contribution in [3.63, 3.8) is 0 Å². The highest BCUT2D eigenvalue weighted by Crippen LogP contribution is 2.30. The van der Waals surface area contributed by atoms with Crippen LogP contribution < -0.4 is 4.74 Å². The molecule has 2 aromatic carbocycles. The van der Waals surface area contributed by atoms with Gasteiger partial charge in [0.15, 0.2) is 5.58 Å². The van der Waals surface area contributed by atoms with Crippen LogP contribution in [0.1, 0.15) is 19.8 Å². The lowest BCUT2D eigenvalue weighted by molar-refractivity contribution is 0.0563. The first-order chi connectivity index (χ1) is 13.6. The van der Waals surface area contributed by atoms with Crippen LogP contribution in [0, 0.1) is 11.7 Å². The Kier molecular flexibility index (Phi) is 5.59. The molecule has 1 aliphatic rings. The molecule has 5 nitrogen and oxygen atoms in total. The van der Waals surface area contributed by atoms with E-state index >= 15 is 0 Å². The average Bonchev–Trinajstić information content (AvgIpc) is 3.11. The first-order valence-electron chi connectivity index (χ1n) is 9.77. The zero-order chi connectivity index (χ0) is 19.5. The number of halogens is 1. The van der Waals surface area contributed by atoms with Gasteiger partial charge in [0.2, 0.25) is 0 Å². The zero-order valence-electron chi connectivity index (χ0n) is 16.0. The number of aliphatic hydroxyl groups excluding tert-OH is 1. The molecule has 28 heavy (non-hydrogen) atoms. The largest absolute Gasteiger partial charge is 0.491 e. The number of nitrogens with zero attached hydrogens (tertiary/aromatic N) is 2. The summed E-state index contributed by atoms with van der Waals surface area (Å²) in [5.74, 6) is 1.07. The molecular formula is C22H25FN2O3. The highest BCUT2D eigenvalue weighted by Gasteiger charge is 2.19. The molecule has 148 valence electrons. The number of ether oxygens (including phenoxy) is 1. The molecule has 1 fully saturated rings. The number of fused-ring (bicyclic) bond motifs is 1. The van der Waals surface area contributed by atoms with Crippen LogP contribution in [0.25, 0.3) is 22.2 Å². The van der Waals surface area contributed by atoms with Crippen LogP contribution in [0.3, 0.4) is 0 Å². The van der Waals surface area contributed by atoms with E-state index in [2.05, 4.69) is 17.0 Å². The number of aromatic nitrogens is 1. The molecule has 0 unspecified atom stereocenters. The molecule has 0 amide bonds. The molecule has 1 atom stereocenters. The fourth-order valence-corrected chi connectivity index (χ4v) is 3.64. The molecule has 0 aliphatic carbocycles. The maximum atomic E-state index is 13.3. The summed E-state index contributed by atoms with van der Waals surface area (Å²) in [7, 11) is 0. The summed E-state index contributed by atoms with van der Waals surface area (Å²) in [5.41, 5.74) is 1.87. The van der Waals surface area contributed by atoms with Crippen molar-refractivity contribution in [2.75, 3.05) is 26.2 Å². The summed E-state index contributed by atoms with van der Waals surface area (Å²) in [6.45, 7) is 5.21. The van der Waals surface area contributed by atoms with Gasteiger partial charge in [-0.25, -0.2) is 4.39 Å². The molecule has 0 radical (unpaired) electrons. The molecule has 1 N–H and O–H groups in total. The van der Waals surface area contributed by atoms with E-state index in [4.69, 9.17) is 9.26 Å². The van der Waals surface area contributed by atoms with Crippen LogP contribution in [0.2, 0.25) is 0 Å². The molecular weight excluding hydrogens is 359 g/mol. The maximum Gasteiger partial charge on any atom is 0.170 e. The van der Waals surface area contributed by atoms with Crippen LogP contribution in [0.4, 0.5) is 4.39 Å². The van der Waals surface area contributed by atoms with Crippen molar-refractivity contribution in [2.24, 2.45) is 5.92 Å². The second-order valence-electron chi connectivity index (χ2n) is 7.65. The number of piperidine rings is 1. The standard InChI is InChI=1S/C22H25FN2O3/c1-15-7-9-25(10-8-15)13-18(26)14-27-19-4-2-3-16(11-19)22-20-6-5-17(23)12-21(20)28-24-22/h2-6,11-12,15,18,26H,7-10,13-14H2,1H3/t18-/m1/s1. The average molecular weight is 384 g/mol. The second kappa shape index (κ2) is 8.29. The van der Waals surface area contributed by atoms with Gasteiger partial charge in [0, 0.05) is 23.6 Å². The SMILES string of the molecule is CC1CCN(C[C@@H](O)COc2cccc(-c3noc4cc(F)ccc34)c2)CC1. The Morgan fingerprint density at radius 1 is 1.25 bits per heavy atom. The third-order valence-electron chi connectivity index (χ3n) is 5.33.